The van der Waals surface area contributed by atoms with Gasteiger partial charge in [0.25, 0.3) is 11.8 Å². The number of amides is 2. The Hall–Kier alpha value is -3.89. The number of aromatic nitrogens is 6. The number of hydrogen-bond acceptors (Lipinski definition) is 8. The number of anilines is 3. The molecule has 142 valence electrons. The fraction of sp³-hybridized carbons (Fsp3) is 0.235. The van der Waals surface area contributed by atoms with E-state index in [4.69, 9.17) is 5.73 Å². The second-order valence-corrected chi connectivity index (χ2v) is 6.37. The van der Waals surface area contributed by atoms with Crippen molar-refractivity contribution in [1.29, 1.82) is 0 Å². The fourth-order valence-electron chi connectivity index (χ4n) is 2.73. The highest BCUT2D eigenvalue weighted by Gasteiger charge is 2.28. The molecule has 1 aliphatic rings. The Labute approximate surface area is 159 Å². The van der Waals surface area contributed by atoms with Crippen LogP contribution in [0.25, 0.3) is 0 Å². The molecule has 0 aliphatic heterocycles. The second-order valence-electron chi connectivity index (χ2n) is 6.37. The summed E-state index contributed by atoms with van der Waals surface area (Å²) in [5.74, 6) is -0.674. The van der Waals surface area contributed by atoms with Crippen molar-refractivity contribution in [2.75, 3.05) is 10.6 Å². The third kappa shape index (κ3) is 3.49. The van der Waals surface area contributed by atoms with E-state index in [1.165, 1.54) is 17.2 Å². The van der Waals surface area contributed by atoms with Crippen molar-refractivity contribution in [1.82, 2.24) is 29.7 Å². The lowest BCUT2D eigenvalue weighted by Crippen LogP contribution is -2.22. The van der Waals surface area contributed by atoms with Crippen LogP contribution in [0.15, 0.2) is 31.1 Å². The molecule has 0 bridgehead atoms. The Morgan fingerprint density at radius 1 is 1.18 bits per heavy atom. The number of carbonyl (C=O) groups is 2. The van der Waals surface area contributed by atoms with Gasteiger partial charge < -0.3 is 16.4 Å². The zero-order valence-corrected chi connectivity index (χ0v) is 15.0. The van der Waals surface area contributed by atoms with Crippen LogP contribution in [-0.2, 0) is 7.05 Å². The van der Waals surface area contributed by atoms with Gasteiger partial charge in [0, 0.05) is 13.0 Å². The molecule has 3 aromatic rings. The summed E-state index contributed by atoms with van der Waals surface area (Å²) in [7, 11) is 1.56. The summed E-state index contributed by atoms with van der Waals surface area (Å²) in [5.41, 5.74) is 7.06. The predicted octanol–water partition coefficient (Wildman–Crippen LogP) is 0.972. The average molecular weight is 379 g/mol. The first-order valence-electron chi connectivity index (χ1n) is 8.55. The standard InChI is InChI=1S/C17H17N9O2/c1-26-14(15(18)27)12(7-22-26)25-17(28)13-16(23-10-4-19-8-20-5-10)21-6-11(24-13)9-2-3-9/h4-9H,2-3H2,1H3,(H2,18,27)(H,21,23)(H,25,28). The van der Waals surface area contributed by atoms with E-state index in [0.29, 0.717) is 11.6 Å². The summed E-state index contributed by atoms with van der Waals surface area (Å²) in [6.07, 6.45) is 9.55. The molecule has 0 unspecified atom stereocenters. The van der Waals surface area contributed by atoms with Crippen molar-refractivity contribution in [2.45, 2.75) is 18.8 Å². The molecule has 0 atom stereocenters. The molecule has 0 saturated heterocycles. The molecule has 2 amide bonds. The highest BCUT2D eigenvalue weighted by molar-refractivity contribution is 6.09. The summed E-state index contributed by atoms with van der Waals surface area (Å²) in [6, 6.07) is 0. The van der Waals surface area contributed by atoms with Crippen LogP contribution in [-0.4, -0.2) is 41.5 Å². The molecule has 0 spiro atoms. The van der Waals surface area contributed by atoms with Gasteiger partial charge in [-0.2, -0.15) is 5.10 Å². The molecular weight excluding hydrogens is 362 g/mol. The van der Waals surface area contributed by atoms with Gasteiger partial charge in [0.05, 0.1) is 41.9 Å². The summed E-state index contributed by atoms with van der Waals surface area (Å²) in [4.78, 5) is 41.3. The van der Waals surface area contributed by atoms with Crippen LogP contribution in [0.3, 0.4) is 0 Å². The third-order valence-electron chi connectivity index (χ3n) is 4.25. The number of nitrogens with one attached hydrogen (secondary N) is 2. The number of nitrogens with two attached hydrogens (primary N) is 1. The molecule has 11 heteroatoms. The van der Waals surface area contributed by atoms with Crippen molar-refractivity contribution >= 4 is 29.0 Å². The largest absolute Gasteiger partial charge is 0.364 e. The Bertz CT molecular complexity index is 1040. The molecule has 4 rings (SSSR count). The van der Waals surface area contributed by atoms with Crippen molar-refractivity contribution < 1.29 is 9.59 Å². The summed E-state index contributed by atoms with van der Waals surface area (Å²) in [6.45, 7) is 0. The maximum absolute atomic E-state index is 12.9. The van der Waals surface area contributed by atoms with Gasteiger partial charge in [0.1, 0.15) is 12.0 Å². The number of hydrogen-bond donors (Lipinski definition) is 3. The fourth-order valence-corrected chi connectivity index (χ4v) is 2.73. The first-order valence-corrected chi connectivity index (χ1v) is 8.55. The predicted molar refractivity (Wildman–Crippen MR) is 99.0 cm³/mol. The normalized spacial score (nSPS) is 13.2. The van der Waals surface area contributed by atoms with Gasteiger partial charge in [0.2, 0.25) is 0 Å². The highest BCUT2D eigenvalue weighted by atomic mass is 16.2. The Kier molecular flexibility index (Phi) is 4.39. The van der Waals surface area contributed by atoms with E-state index in [0.717, 1.165) is 18.5 Å². The van der Waals surface area contributed by atoms with Gasteiger partial charge in [0.15, 0.2) is 11.5 Å². The van der Waals surface area contributed by atoms with Gasteiger partial charge in [-0.05, 0) is 12.8 Å². The summed E-state index contributed by atoms with van der Waals surface area (Å²) in [5, 5.41) is 9.60. The molecule has 1 aliphatic carbocycles. The van der Waals surface area contributed by atoms with Crippen molar-refractivity contribution in [3.05, 3.63) is 48.2 Å². The van der Waals surface area contributed by atoms with E-state index in [-0.39, 0.29) is 22.9 Å². The quantitative estimate of drug-likeness (QED) is 0.572. The summed E-state index contributed by atoms with van der Waals surface area (Å²) < 4.78 is 1.30. The zero-order chi connectivity index (χ0) is 19.7. The third-order valence-corrected chi connectivity index (χ3v) is 4.25. The molecule has 0 aromatic carbocycles. The number of nitrogens with zero attached hydrogens (tertiary/aromatic N) is 6. The van der Waals surface area contributed by atoms with E-state index in [2.05, 4.69) is 35.7 Å². The highest BCUT2D eigenvalue weighted by Crippen LogP contribution is 2.39. The maximum Gasteiger partial charge on any atom is 0.278 e. The zero-order valence-electron chi connectivity index (χ0n) is 15.0. The van der Waals surface area contributed by atoms with Crippen LogP contribution in [0.4, 0.5) is 17.2 Å². The average Bonchev–Trinajstić information content (AvgIpc) is 3.46. The van der Waals surface area contributed by atoms with Crippen LogP contribution >= 0.6 is 0 Å². The van der Waals surface area contributed by atoms with Crippen LogP contribution in [0.2, 0.25) is 0 Å². The van der Waals surface area contributed by atoms with Crippen molar-refractivity contribution in [2.24, 2.45) is 12.8 Å². The molecule has 1 saturated carbocycles. The first kappa shape index (κ1) is 17.5. The topological polar surface area (TPSA) is 154 Å². The van der Waals surface area contributed by atoms with Crippen molar-refractivity contribution in [3.63, 3.8) is 0 Å². The lowest BCUT2D eigenvalue weighted by Gasteiger charge is -2.11. The number of carbonyl (C=O) groups excluding carboxylic acids is 2. The Morgan fingerprint density at radius 2 is 1.93 bits per heavy atom. The van der Waals surface area contributed by atoms with Gasteiger partial charge in [-0.15, -0.1) is 0 Å². The number of aryl methyl sites for hydroxylation is 1. The molecular formula is C17H17N9O2. The van der Waals surface area contributed by atoms with Crippen LogP contribution in [0.1, 0.15) is 45.4 Å². The smallest absolute Gasteiger partial charge is 0.278 e. The molecule has 3 heterocycles. The molecule has 28 heavy (non-hydrogen) atoms. The molecule has 11 nitrogen and oxygen atoms in total. The minimum atomic E-state index is -0.701. The Balaban J connectivity index is 1.67. The van der Waals surface area contributed by atoms with Crippen molar-refractivity contribution in [3.8, 4) is 0 Å². The van der Waals surface area contributed by atoms with E-state index < -0.39 is 11.8 Å². The number of primary amides is 1. The van der Waals surface area contributed by atoms with E-state index in [1.807, 2.05) is 0 Å². The van der Waals surface area contributed by atoms with Gasteiger partial charge in [-0.25, -0.2) is 19.9 Å². The summed E-state index contributed by atoms with van der Waals surface area (Å²) >= 11 is 0. The van der Waals surface area contributed by atoms with Crippen LogP contribution in [0.5, 0.6) is 0 Å². The van der Waals surface area contributed by atoms with Crippen LogP contribution in [0, 0.1) is 0 Å². The molecule has 4 N–H and O–H groups in total. The minimum Gasteiger partial charge on any atom is -0.364 e. The van der Waals surface area contributed by atoms with E-state index in [9.17, 15) is 9.59 Å². The minimum absolute atomic E-state index is 0.0885. The first-order chi connectivity index (χ1) is 13.5. The van der Waals surface area contributed by atoms with E-state index in [1.54, 1.807) is 25.6 Å². The molecule has 1 fully saturated rings. The lowest BCUT2D eigenvalue weighted by molar-refractivity contribution is 0.0992. The SMILES string of the molecule is Cn1ncc(NC(=O)c2nc(C3CC3)cnc2Nc2cncnc2)c1C(N)=O. The lowest BCUT2D eigenvalue weighted by atomic mass is 10.2. The maximum atomic E-state index is 12.9. The van der Waals surface area contributed by atoms with Gasteiger partial charge >= 0.3 is 0 Å². The van der Waals surface area contributed by atoms with Crippen LogP contribution < -0.4 is 16.4 Å². The Morgan fingerprint density at radius 3 is 2.61 bits per heavy atom. The number of rotatable bonds is 6. The van der Waals surface area contributed by atoms with E-state index >= 15 is 0 Å². The van der Waals surface area contributed by atoms with Gasteiger partial charge in [-0.3, -0.25) is 14.3 Å². The molecule has 0 radical (unpaired) electrons. The van der Waals surface area contributed by atoms with Gasteiger partial charge in [-0.1, -0.05) is 0 Å². The second kappa shape index (κ2) is 7.02. The molecule has 3 aromatic heterocycles. The monoisotopic (exact) mass is 379 g/mol.